The van der Waals surface area contributed by atoms with E-state index in [2.05, 4.69) is 15.0 Å². The van der Waals surface area contributed by atoms with E-state index in [0.717, 1.165) is 5.52 Å². The highest BCUT2D eigenvalue weighted by atomic mass is 16.5. The lowest BCUT2D eigenvalue weighted by atomic mass is 10.00. The first kappa shape index (κ1) is 19.4. The second-order valence-corrected chi connectivity index (χ2v) is 6.78. The largest absolute Gasteiger partial charge is 0.465 e. The van der Waals surface area contributed by atoms with E-state index >= 15 is 0 Å². The van der Waals surface area contributed by atoms with Gasteiger partial charge in [-0.1, -0.05) is 18.2 Å². The zero-order valence-corrected chi connectivity index (χ0v) is 16.1. The summed E-state index contributed by atoms with van der Waals surface area (Å²) in [5.74, 6) is -0.899. The lowest BCUT2D eigenvalue weighted by Crippen LogP contribution is -2.52. The fraction of sp³-hybridized carbons (Fsp3) is 0.250. The summed E-state index contributed by atoms with van der Waals surface area (Å²) >= 11 is 0. The van der Waals surface area contributed by atoms with E-state index in [0.29, 0.717) is 11.1 Å². The Hall–Kier alpha value is -3.95. The molecule has 1 aliphatic heterocycles. The van der Waals surface area contributed by atoms with E-state index < -0.39 is 18.1 Å². The highest BCUT2D eigenvalue weighted by Crippen LogP contribution is 2.29. The molecular formula is C20H19N5O5. The molecular weight excluding hydrogens is 390 g/mol. The number of H-pyrrole nitrogens is 1. The molecule has 0 spiro atoms. The van der Waals surface area contributed by atoms with Crippen LogP contribution in [-0.2, 0) is 4.74 Å². The normalized spacial score (nSPS) is 16.5. The quantitative estimate of drug-likeness (QED) is 0.632. The van der Waals surface area contributed by atoms with Crippen molar-refractivity contribution in [1.29, 1.82) is 0 Å². The van der Waals surface area contributed by atoms with Crippen molar-refractivity contribution in [3.05, 3.63) is 59.7 Å². The molecule has 10 nitrogen and oxygen atoms in total. The number of carboxylic acid groups (broad SMARTS) is 1. The Bertz CT molecular complexity index is 1090. The average molecular weight is 409 g/mol. The maximum absolute atomic E-state index is 13.3. The van der Waals surface area contributed by atoms with Gasteiger partial charge in [0.1, 0.15) is 0 Å². The Morgan fingerprint density at radius 2 is 1.97 bits per heavy atom. The minimum Gasteiger partial charge on any atom is -0.465 e. The summed E-state index contributed by atoms with van der Waals surface area (Å²) in [6, 6.07) is 9.82. The van der Waals surface area contributed by atoms with Crippen LogP contribution in [0.15, 0.2) is 42.6 Å². The first-order valence-electron chi connectivity index (χ1n) is 9.26. The number of esters is 1. The van der Waals surface area contributed by atoms with E-state index in [1.165, 1.54) is 23.1 Å². The van der Waals surface area contributed by atoms with E-state index in [1.54, 1.807) is 18.2 Å². The van der Waals surface area contributed by atoms with Crippen LogP contribution in [0, 0.1) is 0 Å². The molecule has 0 saturated carbocycles. The standard InChI is InChI=1S/C20H19N5O5/c1-30-19(27)16-12(5-4-8-21-16)15-11-24(20(28)29)9-10-25(15)18(26)17-22-13-6-2-3-7-14(13)23-17/h2-8,15H,9-11H2,1H3,(H,22,23)(H,28,29). The molecule has 1 saturated heterocycles. The number of carbonyl (C=O) groups is 3. The molecule has 0 radical (unpaired) electrons. The third kappa shape index (κ3) is 3.43. The van der Waals surface area contributed by atoms with Crippen molar-refractivity contribution in [3.63, 3.8) is 0 Å². The van der Waals surface area contributed by atoms with Gasteiger partial charge in [-0.05, 0) is 18.2 Å². The van der Waals surface area contributed by atoms with Crippen LogP contribution < -0.4 is 0 Å². The molecule has 2 amide bonds. The summed E-state index contributed by atoms with van der Waals surface area (Å²) in [4.78, 5) is 51.3. The number of piperazine rings is 1. The summed E-state index contributed by atoms with van der Waals surface area (Å²) in [5, 5.41) is 9.46. The van der Waals surface area contributed by atoms with Gasteiger partial charge in [0.15, 0.2) is 11.5 Å². The summed E-state index contributed by atoms with van der Waals surface area (Å²) in [6.45, 7) is 0.283. The van der Waals surface area contributed by atoms with Crippen LogP contribution in [0.1, 0.15) is 32.7 Å². The van der Waals surface area contributed by atoms with E-state index in [-0.39, 0.29) is 37.1 Å². The van der Waals surface area contributed by atoms with Crippen molar-refractivity contribution in [1.82, 2.24) is 24.8 Å². The van der Waals surface area contributed by atoms with Crippen LogP contribution in [0.2, 0.25) is 0 Å². The predicted octanol–water partition coefficient (Wildman–Crippen LogP) is 1.92. The molecule has 4 rings (SSSR count). The Kier molecular flexibility index (Phi) is 5.05. The number of ether oxygens (including phenoxy) is 1. The van der Waals surface area contributed by atoms with Gasteiger partial charge in [-0.25, -0.2) is 19.6 Å². The number of rotatable bonds is 3. The van der Waals surface area contributed by atoms with Crippen LogP contribution in [0.3, 0.4) is 0 Å². The molecule has 1 aromatic carbocycles. The van der Waals surface area contributed by atoms with Crippen LogP contribution in [-0.4, -0.2) is 74.6 Å². The summed E-state index contributed by atoms with van der Waals surface area (Å²) in [7, 11) is 1.24. The van der Waals surface area contributed by atoms with Crippen molar-refractivity contribution in [2.45, 2.75) is 6.04 Å². The van der Waals surface area contributed by atoms with E-state index in [1.807, 2.05) is 18.2 Å². The highest BCUT2D eigenvalue weighted by molar-refractivity contribution is 5.95. The molecule has 1 fully saturated rings. The Labute approximate surface area is 171 Å². The lowest BCUT2D eigenvalue weighted by Gasteiger charge is -2.40. The van der Waals surface area contributed by atoms with Gasteiger partial charge in [0.2, 0.25) is 0 Å². The number of nitrogens with one attached hydrogen (secondary N) is 1. The summed E-state index contributed by atoms with van der Waals surface area (Å²) in [5.41, 5.74) is 1.83. The van der Waals surface area contributed by atoms with Crippen molar-refractivity contribution in [2.75, 3.05) is 26.7 Å². The second kappa shape index (κ2) is 7.82. The SMILES string of the molecule is COC(=O)c1ncccc1C1CN(C(=O)O)CCN1C(=O)c1nc2ccccc2[nH]1. The Balaban J connectivity index is 1.75. The number of amides is 2. The fourth-order valence-electron chi connectivity index (χ4n) is 3.61. The molecule has 154 valence electrons. The predicted molar refractivity (Wildman–Crippen MR) is 105 cm³/mol. The van der Waals surface area contributed by atoms with Crippen molar-refractivity contribution in [2.24, 2.45) is 0 Å². The number of carbonyl (C=O) groups excluding carboxylic acids is 2. The number of nitrogens with zero attached hydrogens (tertiary/aromatic N) is 4. The molecule has 2 aromatic heterocycles. The van der Waals surface area contributed by atoms with Crippen LogP contribution in [0.25, 0.3) is 11.0 Å². The number of aromatic nitrogens is 3. The fourth-order valence-corrected chi connectivity index (χ4v) is 3.61. The van der Waals surface area contributed by atoms with Gasteiger partial charge in [-0.15, -0.1) is 0 Å². The van der Waals surface area contributed by atoms with Crippen LogP contribution in [0.5, 0.6) is 0 Å². The molecule has 1 unspecified atom stereocenters. The van der Waals surface area contributed by atoms with E-state index in [4.69, 9.17) is 4.74 Å². The van der Waals surface area contributed by atoms with Gasteiger partial charge >= 0.3 is 12.1 Å². The number of aromatic amines is 1. The number of benzene rings is 1. The third-order valence-corrected chi connectivity index (χ3v) is 5.08. The summed E-state index contributed by atoms with van der Waals surface area (Å²) < 4.78 is 4.81. The van der Waals surface area contributed by atoms with Gasteiger partial charge in [0.05, 0.1) is 24.2 Å². The Morgan fingerprint density at radius 1 is 1.17 bits per heavy atom. The smallest absolute Gasteiger partial charge is 0.407 e. The molecule has 0 bridgehead atoms. The van der Waals surface area contributed by atoms with Gasteiger partial charge in [-0.3, -0.25) is 4.79 Å². The molecule has 0 aliphatic carbocycles. The van der Waals surface area contributed by atoms with Gasteiger partial charge in [0, 0.05) is 31.4 Å². The van der Waals surface area contributed by atoms with E-state index in [9.17, 15) is 19.5 Å². The molecule has 2 N–H and O–H groups in total. The van der Waals surface area contributed by atoms with Crippen molar-refractivity contribution < 1.29 is 24.2 Å². The number of hydrogen-bond acceptors (Lipinski definition) is 6. The zero-order valence-electron chi connectivity index (χ0n) is 16.1. The topological polar surface area (TPSA) is 129 Å². The molecule has 3 aromatic rings. The Morgan fingerprint density at radius 3 is 2.70 bits per heavy atom. The number of hydrogen-bond donors (Lipinski definition) is 2. The summed E-state index contributed by atoms with van der Waals surface area (Å²) in [6.07, 6.45) is 0.346. The molecule has 1 aliphatic rings. The second-order valence-electron chi connectivity index (χ2n) is 6.78. The minimum absolute atomic E-state index is 0.00299. The monoisotopic (exact) mass is 409 g/mol. The lowest BCUT2D eigenvalue weighted by molar-refractivity contribution is 0.0425. The maximum atomic E-state index is 13.3. The van der Waals surface area contributed by atoms with Crippen LogP contribution >= 0.6 is 0 Å². The molecule has 30 heavy (non-hydrogen) atoms. The number of para-hydroxylation sites is 2. The van der Waals surface area contributed by atoms with Crippen LogP contribution in [0.4, 0.5) is 4.79 Å². The molecule has 1 atom stereocenters. The molecule has 10 heteroatoms. The third-order valence-electron chi connectivity index (χ3n) is 5.08. The highest BCUT2D eigenvalue weighted by Gasteiger charge is 2.37. The number of fused-ring (bicyclic) bond motifs is 1. The maximum Gasteiger partial charge on any atom is 0.407 e. The van der Waals surface area contributed by atoms with Gasteiger partial charge in [-0.2, -0.15) is 0 Å². The van der Waals surface area contributed by atoms with Crippen molar-refractivity contribution >= 4 is 29.0 Å². The number of imidazole rings is 1. The van der Waals surface area contributed by atoms with Gasteiger partial charge in [0.25, 0.3) is 5.91 Å². The first-order chi connectivity index (χ1) is 14.5. The number of pyridine rings is 1. The number of methoxy groups -OCH3 is 1. The van der Waals surface area contributed by atoms with Gasteiger partial charge < -0.3 is 24.6 Å². The zero-order chi connectivity index (χ0) is 21.3. The molecule has 3 heterocycles. The van der Waals surface area contributed by atoms with Crippen molar-refractivity contribution in [3.8, 4) is 0 Å². The average Bonchev–Trinajstić information content (AvgIpc) is 3.22. The minimum atomic E-state index is -1.10. The first-order valence-corrected chi connectivity index (χ1v) is 9.26.